The molecule has 2 aliphatic heterocycles. The van der Waals surface area contributed by atoms with Gasteiger partial charge in [0.1, 0.15) is 0 Å². The van der Waals surface area contributed by atoms with Crippen molar-refractivity contribution in [1.82, 2.24) is 24.5 Å². The summed E-state index contributed by atoms with van der Waals surface area (Å²) in [7, 11) is 2.17. The molecule has 1 aliphatic carbocycles. The molecule has 32 heavy (non-hydrogen) atoms. The van der Waals surface area contributed by atoms with E-state index in [0.29, 0.717) is 23.4 Å². The molecule has 2 amide bonds. The number of nitrogens with zero attached hydrogens (tertiary/aromatic N) is 5. The van der Waals surface area contributed by atoms with E-state index in [9.17, 15) is 9.59 Å². The van der Waals surface area contributed by atoms with Crippen molar-refractivity contribution >= 4 is 23.5 Å². The number of hydrogen-bond donors (Lipinski definition) is 0. The maximum atomic E-state index is 13.0. The van der Waals surface area contributed by atoms with Crippen LogP contribution in [0.3, 0.4) is 0 Å². The van der Waals surface area contributed by atoms with Crippen LogP contribution in [0.2, 0.25) is 5.02 Å². The zero-order chi connectivity index (χ0) is 22.2. The second-order valence-corrected chi connectivity index (χ2v) is 9.92. The standard InChI is InChI=1S/C24H30ClN5O2/c1-27(13-17-6-2-3-7-22(17)25)21-10-18-14-29(15-19(18)11-21)24(32)30-16-20(12-26-30)23(31)28-8-4-5-9-28/h2-3,6-7,12,16,18-19,21H,4-5,8-11,13-15H2,1H3/t18-,19+,21+. The summed E-state index contributed by atoms with van der Waals surface area (Å²) in [6.45, 7) is 3.94. The van der Waals surface area contributed by atoms with E-state index in [0.717, 1.165) is 69.0 Å². The number of hydrogen-bond acceptors (Lipinski definition) is 4. The third kappa shape index (κ3) is 4.16. The fourth-order valence-electron chi connectivity index (χ4n) is 5.59. The Balaban J connectivity index is 1.16. The molecule has 170 valence electrons. The van der Waals surface area contributed by atoms with Crippen LogP contribution in [0.1, 0.15) is 41.6 Å². The lowest BCUT2D eigenvalue weighted by molar-refractivity contribution is 0.0793. The van der Waals surface area contributed by atoms with Gasteiger partial charge in [-0.25, -0.2) is 4.79 Å². The molecular weight excluding hydrogens is 426 g/mol. The molecule has 3 heterocycles. The number of rotatable bonds is 4. The van der Waals surface area contributed by atoms with E-state index < -0.39 is 0 Å². The molecule has 0 bridgehead atoms. The Morgan fingerprint density at radius 1 is 1.09 bits per heavy atom. The van der Waals surface area contributed by atoms with Crippen LogP contribution in [0.4, 0.5) is 4.79 Å². The number of halogens is 1. The summed E-state index contributed by atoms with van der Waals surface area (Å²) in [4.78, 5) is 31.7. The van der Waals surface area contributed by atoms with Gasteiger partial charge in [-0.05, 0) is 56.2 Å². The van der Waals surface area contributed by atoms with Crippen LogP contribution >= 0.6 is 11.6 Å². The lowest BCUT2D eigenvalue weighted by atomic mass is 10.0. The predicted octanol–water partition coefficient (Wildman–Crippen LogP) is 3.58. The van der Waals surface area contributed by atoms with Crippen LogP contribution in [-0.4, -0.2) is 75.7 Å². The van der Waals surface area contributed by atoms with Crippen molar-refractivity contribution in [2.24, 2.45) is 11.8 Å². The quantitative estimate of drug-likeness (QED) is 0.707. The van der Waals surface area contributed by atoms with E-state index in [1.807, 2.05) is 28.0 Å². The third-order valence-corrected chi connectivity index (χ3v) is 7.79. The zero-order valence-corrected chi connectivity index (χ0v) is 19.2. The molecule has 5 rings (SSSR count). The van der Waals surface area contributed by atoms with Gasteiger partial charge in [0.2, 0.25) is 0 Å². The van der Waals surface area contributed by atoms with Crippen molar-refractivity contribution in [1.29, 1.82) is 0 Å². The van der Waals surface area contributed by atoms with Gasteiger partial charge in [-0.2, -0.15) is 9.78 Å². The Labute approximate surface area is 193 Å². The largest absolute Gasteiger partial charge is 0.344 e. The second kappa shape index (κ2) is 8.87. The Morgan fingerprint density at radius 2 is 1.78 bits per heavy atom. The number of amides is 2. The first-order valence-corrected chi connectivity index (χ1v) is 11.9. The van der Waals surface area contributed by atoms with Crippen molar-refractivity contribution in [2.75, 3.05) is 33.2 Å². The third-order valence-electron chi connectivity index (χ3n) is 7.42. The van der Waals surface area contributed by atoms with E-state index in [-0.39, 0.29) is 11.9 Å². The topological polar surface area (TPSA) is 61.7 Å². The summed E-state index contributed by atoms with van der Waals surface area (Å²) in [5.41, 5.74) is 1.66. The van der Waals surface area contributed by atoms with E-state index >= 15 is 0 Å². The maximum absolute atomic E-state index is 13.0. The minimum Gasteiger partial charge on any atom is -0.339 e. The number of fused-ring (bicyclic) bond motifs is 1. The monoisotopic (exact) mass is 455 g/mol. The molecule has 1 saturated carbocycles. The molecule has 3 fully saturated rings. The van der Waals surface area contributed by atoms with Crippen molar-refractivity contribution in [2.45, 2.75) is 38.3 Å². The molecule has 2 saturated heterocycles. The molecule has 1 aromatic carbocycles. The molecule has 0 unspecified atom stereocenters. The Hall–Kier alpha value is -2.38. The lowest BCUT2D eigenvalue weighted by Crippen LogP contribution is -2.36. The Bertz CT molecular complexity index is 988. The minimum absolute atomic E-state index is 0.0239. The molecule has 2 aromatic rings. The number of benzene rings is 1. The SMILES string of the molecule is CN(Cc1ccccc1Cl)[C@H]1C[C@@H]2CN(C(=O)n3cc(C(=O)N4CCCC4)cn3)C[C@@H]2C1. The first kappa shape index (κ1) is 21.5. The molecule has 3 atom stereocenters. The van der Waals surface area contributed by atoms with E-state index in [4.69, 9.17) is 11.6 Å². The second-order valence-electron chi connectivity index (χ2n) is 9.51. The average molecular weight is 456 g/mol. The summed E-state index contributed by atoms with van der Waals surface area (Å²) < 4.78 is 1.34. The average Bonchev–Trinajstić information content (AvgIpc) is 3.58. The fourth-order valence-corrected chi connectivity index (χ4v) is 5.79. The highest BCUT2D eigenvalue weighted by Crippen LogP contribution is 2.40. The smallest absolute Gasteiger partial charge is 0.339 e. The molecule has 0 radical (unpaired) electrons. The van der Waals surface area contributed by atoms with Crippen LogP contribution in [0.15, 0.2) is 36.7 Å². The van der Waals surface area contributed by atoms with Gasteiger partial charge in [0, 0.05) is 50.0 Å². The van der Waals surface area contributed by atoms with Gasteiger partial charge in [0.05, 0.1) is 11.8 Å². The van der Waals surface area contributed by atoms with Crippen molar-refractivity contribution in [3.05, 3.63) is 52.8 Å². The number of carbonyl (C=O) groups is 2. The summed E-state index contributed by atoms with van der Waals surface area (Å²) in [5.74, 6) is 1.00. The molecule has 1 aromatic heterocycles. The number of aromatic nitrogens is 2. The summed E-state index contributed by atoms with van der Waals surface area (Å²) in [6, 6.07) is 8.40. The van der Waals surface area contributed by atoms with Crippen LogP contribution in [0, 0.1) is 11.8 Å². The summed E-state index contributed by atoms with van der Waals surface area (Å²) >= 11 is 6.34. The van der Waals surface area contributed by atoms with Gasteiger partial charge in [-0.15, -0.1) is 0 Å². The normalized spacial score (nSPS) is 25.0. The van der Waals surface area contributed by atoms with Crippen LogP contribution < -0.4 is 0 Å². The maximum Gasteiger partial charge on any atom is 0.344 e. The summed E-state index contributed by atoms with van der Waals surface area (Å²) in [6.07, 6.45) is 7.39. The molecule has 8 heteroatoms. The summed E-state index contributed by atoms with van der Waals surface area (Å²) in [5, 5.41) is 5.02. The predicted molar refractivity (Wildman–Crippen MR) is 123 cm³/mol. The Kier molecular flexibility index (Phi) is 5.95. The lowest BCUT2D eigenvalue weighted by Gasteiger charge is -2.26. The highest BCUT2D eigenvalue weighted by Gasteiger charge is 2.43. The Morgan fingerprint density at radius 3 is 2.47 bits per heavy atom. The first-order valence-electron chi connectivity index (χ1n) is 11.6. The molecule has 0 N–H and O–H groups in total. The number of likely N-dealkylation sites (tertiary alicyclic amines) is 2. The first-order chi connectivity index (χ1) is 15.5. The van der Waals surface area contributed by atoms with Gasteiger partial charge in [0.25, 0.3) is 5.91 Å². The van der Waals surface area contributed by atoms with E-state index in [1.165, 1.54) is 10.9 Å². The van der Waals surface area contributed by atoms with Crippen molar-refractivity contribution < 1.29 is 9.59 Å². The van der Waals surface area contributed by atoms with E-state index in [2.05, 4.69) is 23.1 Å². The van der Waals surface area contributed by atoms with Crippen LogP contribution in [0.5, 0.6) is 0 Å². The fraction of sp³-hybridized carbons (Fsp3) is 0.542. The zero-order valence-electron chi connectivity index (χ0n) is 18.5. The molecule has 0 spiro atoms. The van der Waals surface area contributed by atoms with Gasteiger partial charge in [-0.1, -0.05) is 29.8 Å². The van der Waals surface area contributed by atoms with Crippen molar-refractivity contribution in [3.63, 3.8) is 0 Å². The van der Waals surface area contributed by atoms with Gasteiger partial charge >= 0.3 is 6.03 Å². The minimum atomic E-state index is -0.124. The van der Waals surface area contributed by atoms with Gasteiger partial charge in [-0.3, -0.25) is 9.69 Å². The number of carbonyl (C=O) groups excluding carboxylic acids is 2. The molecule has 3 aliphatic rings. The van der Waals surface area contributed by atoms with Crippen molar-refractivity contribution in [3.8, 4) is 0 Å². The van der Waals surface area contributed by atoms with E-state index in [1.54, 1.807) is 6.20 Å². The molecular formula is C24H30ClN5O2. The van der Waals surface area contributed by atoms with Crippen LogP contribution in [-0.2, 0) is 6.54 Å². The van der Waals surface area contributed by atoms with Gasteiger partial charge < -0.3 is 9.80 Å². The van der Waals surface area contributed by atoms with Gasteiger partial charge in [0.15, 0.2) is 0 Å². The highest BCUT2D eigenvalue weighted by molar-refractivity contribution is 6.31. The molecule has 7 nitrogen and oxygen atoms in total. The van der Waals surface area contributed by atoms with Crippen LogP contribution in [0.25, 0.3) is 0 Å². The highest BCUT2D eigenvalue weighted by atomic mass is 35.5.